The topological polar surface area (TPSA) is 144 Å². The van der Waals surface area contributed by atoms with E-state index in [1.165, 1.54) is 42.5 Å². The van der Waals surface area contributed by atoms with Crippen molar-refractivity contribution in [1.29, 1.82) is 0 Å². The van der Waals surface area contributed by atoms with E-state index in [2.05, 4.69) is 0 Å². The van der Waals surface area contributed by atoms with Gasteiger partial charge in [-0.15, -0.1) is 0 Å². The van der Waals surface area contributed by atoms with Crippen LogP contribution in [0.15, 0.2) is 78.4 Å². The molecule has 3 aromatic carbocycles. The summed E-state index contributed by atoms with van der Waals surface area (Å²) >= 11 is 0. The Kier molecular flexibility index (Phi) is 5.60. The normalized spacial score (nSPS) is 17.1. The molecule has 1 atom stereocenters. The molecule has 0 radical (unpaired) electrons. The number of rotatable bonds is 5. The third-order valence-corrected chi connectivity index (χ3v) is 5.33. The van der Waals surface area contributed by atoms with Crippen molar-refractivity contribution in [2.24, 2.45) is 0 Å². The molecule has 1 unspecified atom stereocenters. The summed E-state index contributed by atoms with van der Waals surface area (Å²) in [5.41, 5.74) is -0.953. The molecule has 0 bridgehead atoms. The molecule has 1 fully saturated rings. The molecule has 0 spiro atoms. The third-order valence-electron chi connectivity index (χ3n) is 5.33. The first-order valence-corrected chi connectivity index (χ1v) is 9.75. The van der Waals surface area contributed by atoms with Gasteiger partial charge in [-0.05, 0) is 30.3 Å². The van der Waals surface area contributed by atoms with E-state index >= 15 is 0 Å². The van der Waals surface area contributed by atoms with Crippen LogP contribution in [0.3, 0.4) is 0 Å². The zero-order valence-electron chi connectivity index (χ0n) is 17.1. The van der Waals surface area contributed by atoms with E-state index in [1.54, 1.807) is 0 Å². The number of anilines is 1. The van der Waals surface area contributed by atoms with Crippen molar-refractivity contribution in [2.75, 3.05) is 4.90 Å². The number of benzene rings is 3. The number of Topliss-reactive ketones (excluding diaryl/α,β-unsaturated/α-hetero) is 1. The van der Waals surface area contributed by atoms with E-state index in [-0.39, 0.29) is 28.2 Å². The summed E-state index contributed by atoms with van der Waals surface area (Å²) in [5.74, 6) is -3.59. The Morgan fingerprint density at radius 1 is 0.853 bits per heavy atom. The number of aliphatic hydroxyl groups excluding tert-OH is 1. The molecule has 10 nitrogen and oxygen atoms in total. The lowest BCUT2D eigenvalue weighted by Gasteiger charge is -2.25. The molecule has 170 valence electrons. The highest BCUT2D eigenvalue weighted by molar-refractivity contribution is 6.51. The Balaban J connectivity index is 1.91. The molecule has 4 rings (SSSR count). The second-order valence-corrected chi connectivity index (χ2v) is 7.27. The fraction of sp³-hybridized carbons (Fsp3) is 0.0435. The molecule has 34 heavy (non-hydrogen) atoms. The number of non-ortho nitro benzene ring substituents is 2. The van der Waals surface area contributed by atoms with E-state index in [4.69, 9.17) is 0 Å². The van der Waals surface area contributed by atoms with Crippen LogP contribution in [0.4, 0.5) is 21.5 Å². The number of halogens is 1. The molecule has 0 aliphatic carbocycles. The van der Waals surface area contributed by atoms with Crippen LogP contribution in [-0.2, 0) is 9.59 Å². The molecule has 1 heterocycles. The highest BCUT2D eigenvalue weighted by Gasteiger charge is 2.47. The smallest absolute Gasteiger partial charge is 0.300 e. The van der Waals surface area contributed by atoms with Crippen molar-refractivity contribution in [3.63, 3.8) is 0 Å². The van der Waals surface area contributed by atoms with Crippen molar-refractivity contribution in [3.05, 3.63) is 116 Å². The number of nitro groups is 2. The van der Waals surface area contributed by atoms with Gasteiger partial charge >= 0.3 is 0 Å². The van der Waals surface area contributed by atoms with Gasteiger partial charge in [-0.25, -0.2) is 4.39 Å². The first-order valence-electron chi connectivity index (χ1n) is 9.75. The highest BCUT2D eigenvalue weighted by atomic mass is 19.1. The van der Waals surface area contributed by atoms with E-state index in [0.29, 0.717) is 0 Å². The molecule has 0 saturated carbocycles. The maximum Gasteiger partial charge on any atom is 0.300 e. The molecular formula is C23H14FN3O7. The summed E-state index contributed by atoms with van der Waals surface area (Å²) in [6.45, 7) is 0. The van der Waals surface area contributed by atoms with Crippen LogP contribution >= 0.6 is 0 Å². The van der Waals surface area contributed by atoms with Gasteiger partial charge in [0.1, 0.15) is 11.6 Å². The summed E-state index contributed by atoms with van der Waals surface area (Å²) in [6, 6.07) is 13.3. The van der Waals surface area contributed by atoms with Crippen molar-refractivity contribution in [1.82, 2.24) is 0 Å². The maximum atomic E-state index is 14.8. The quantitative estimate of drug-likeness (QED) is 0.196. The number of nitrogens with zero attached hydrogens (tertiary/aromatic N) is 3. The molecule has 11 heteroatoms. The summed E-state index contributed by atoms with van der Waals surface area (Å²) in [6.07, 6.45) is 0. The Morgan fingerprint density at radius 3 is 1.91 bits per heavy atom. The summed E-state index contributed by atoms with van der Waals surface area (Å²) in [5, 5.41) is 32.8. The largest absolute Gasteiger partial charge is 0.507 e. The molecule has 3 aromatic rings. The number of aliphatic hydroxyl groups is 1. The number of hydrogen-bond donors (Lipinski definition) is 1. The van der Waals surface area contributed by atoms with E-state index in [0.717, 1.165) is 35.2 Å². The average molecular weight is 463 g/mol. The Labute approximate surface area is 190 Å². The minimum Gasteiger partial charge on any atom is -0.507 e. The number of amides is 1. The van der Waals surface area contributed by atoms with Gasteiger partial charge in [0.2, 0.25) is 0 Å². The van der Waals surface area contributed by atoms with Crippen LogP contribution in [0.5, 0.6) is 0 Å². The summed E-state index contributed by atoms with van der Waals surface area (Å²) < 4.78 is 14.8. The van der Waals surface area contributed by atoms with Crippen molar-refractivity contribution < 1.29 is 28.9 Å². The van der Waals surface area contributed by atoms with Gasteiger partial charge in [0.25, 0.3) is 23.1 Å². The lowest BCUT2D eigenvalue weighted by atomic mass is 9.94. The van der Waals surface area contributed by atoms with Gasteiger partial charge in [-0.2, -0.15) is 0 Å². The monoisotopic (exact) mass is 463 g/mol. The van der Waals surface area contributed by atoms with E-state index < -0.39 is 44.7 Å². The van der Waals surface area contributed by atoms with Crippen molar-refractivity contribution in [3.8, 4) is 0 Å². The number of carbonyl (C=O) groups is 2. The van der Waals surface area contributed by atoms with Gasteiger partial charge in [0.05, 0.1) is 21.5 Å². The lowest BCUT2D eigenvalue weighted by molar-refractivity contribution is -0.385. The number of ketones is 1. The van der Waals surface area contributed by atoms with Crippen LogP contribution < -0.4 is 4.90 Å². The first-order chi connectivity index (χ1) is 16.2. The molecule has 1 aliphatic heterocycles. The Bertz CT molecular complexity index is 1370. The van der Waals surface area contributed by atoms with Crippen LogP contribution in [0.2, 0.25) is 0 Å². The predicted molar refractivity (Wildman–Crippen MR) is 117 cm³/mol. The SMILES string of the molecule is O=C1C(=O)N(c2ccc([N+](=O)[O-])cc2)C(c2ccccc2F)/C1=C(\O)c1ccc([N+](=O)[O-])cc1. The van der Waals surface area contributed by atoms with E-state index in [1.807, 2.05) is 0 Å². The Hall–Kier alpha value is -4.93. The Morgan fingerprint density at radius 2 is 1.38 bits per heavy atom. The summed E-state index contributed by atoms with van der Waals surface area (Å²) in [4.78, 5) is 47.6. The van der Waals surface area contributed by atoms with Crippen molar-refractivity contribution >= 4 is 34.5 Å². The zero-order chi connectivity index (χ0) is 24.6. The van der Waals surface area contributed by atoms with Crippen LogP contribution in [0, 0.1) is 26.0 Å². The molecule has 0 aromatic heterocycles. The van der Waals surface area contributed by atoms with Gasteiger partial charge in [-0.1, -0.05) is 18.2 Å². The zero-order valence-corrected chi connectivity index (χ0v) is 17.1. The van der Waals surface area contributed by atoms with Crippen LogP contribution in [-0.4, -0.2) is 26.6 Å². The predicted octanol–water partition coefficient (Wildman–Crippen LogP) is 4.27. The molecule has 1 aliphatic rings. The fourth-order valence-electron chi connectivity index (χ4n) is 3.72. The second kappa shape index (κ2) is 8.54. The number of hydrogen-bond acceptors (Lipinski definition) is 7. The molecular weight excluding hydrogens is 449 g/mol. The van der Waals surface area contributed by atoms with E-state index in [9.17, 15) is 39.3 Å². The average Bonchev–Trinajstić information content (AvgIpc) is 3.09. The second-order valence-electron chi connectivity index (χ2n) is 7.27. The van der Waals surface area contributed by atoms with Crippen molar-refractivity contribution in [2.45, 2.75) is 6.04 Å². The standard InChI is InChI=1S/C23H14FN3O7/c24-18-4-2-1-3-17(18)20-19(21(28)13-5-7-15(8-6-13)26(31)32)22(29)23(30)25(20)14-9-11-16(12-10-14)27(33)34/h1-12,20,28H/b21-19+. The molecule has 1 amide bonds. The van der Waals surface area contributed by atoms with Crippen LogP contribution in [0.25, 0.3) is 5.76 Å². The van der Waals surface area contributed by atoms with Crippen LogP contribution in [0.1, 0.15) is 17.2 Å². The third kappa shape index (κ3) is 3.75. The van der Waals surface area contributed by atoms with Gasteiger partial charge < -0.3 is 5.11 Å². The minimum atomic E-state index is -1.39. The minimum absolute atomic E-state index is 0.00800. The molecule has 1 saturated heterocycles. The van der Waals surface area contributed by atoms with Gasteiger partial charge in [0, 0.05) is 41.1 Å². The van der Waals surface area contributed by atoms with Gasteiger partial charge in [0.15, 0.2) is 0 Å². The lowest BCUT2D eigenvalue weighted by Crippen LogP contribution is -2.29. The number of carbonyl (C=O) groups excluding carboxylic acids is 2. The maximum absolute atomic E-state index is 14.8. The summed E-state index contributed by atoms with van der Waals surface area (Å²) in [7, 11) is 0. The van der Waals surface area contributed by atoms with Gasteiger partial charge in [-0.3, -0.25) is 34.7 Å². The highest BCUT2D eigenvalue weighted by Crippen LogP contribution is 2.43. The fourth-order valence-corrected chi connectivity index (χ4v) is 3.72. The first kappa shape index (κ1) is 22.3. The molecule has 1 N–H and O–H groups in total. The number of nitro benzene ring substituents is 2.